The Labute approximate surface area is 191 Å². The van der Waals surface area contributed by atoms with Gasteiger partial charge < -0.3 is 10.2 Å². The molecule has 0 aliphatic rings. The normalized spacial score (nSPS) is 11.7. The molecule has 0 saturated heterocycles. The van der Waals surface area contributed by atoms with Gasteiger partial charge in [0.25, 0.3) is 0 Å². The summed E-state index contributed by atoms with van der Waals surface area (Å²) >= 11 is 7.32. The third kappa shape index (κ3) is 5.89. The minimum atomic E-state index is -0.408. The van der Waals surface area contributed by atoms with Crippen molar-refractivity contribution < 1.29 is 9.59 Å². The highest BCUT2D eigenvalue weighted by molar-refractivity contribution is 8.00. The van der Waals surface area contributed by atoms with Crippen LogP contribution in [0.3, 0.4) is 0 Å². The van der Waals surface area contributed by atoms with E-state index in [4.69, 9.17) is 11.6 Å². The maximum atomic E-state index is 12.8. The number of carbonyl (C=O) groups excluding carboxylic acids is 2. The van der Waals surface area contributed by atoms with Gasteiger partial charge in [0, 0.05) is 35.8 Å². The Morgan fingerprint density at radius 3 is 2.61 bits per heavy atom. The van der Waals surface area contributed by atoms with Crippen molar-refractivity contribution in [2.24, 2.45) is 0 Å². The summed E-state index contributed by atoms with van der Waals surface area (Å²) in [5.74, 6) is -0.369. The van der Waals surface area contributed by atoms with E-state index in [9.17, 15) is 9.59 Å². The predicted octanol–water partition coefficient (Wildman–Crippen LogP) is 4.67. The van der Waals surface area contributed by atoms with Gasteiger partial charge in [-0.2, -0.15) is 0 Å². The Bertz CT molecular complexity index is 1050. The average molecular weight is 457 g/mol. The van der Waals surface area contributed by atoms with E-state index in [-0.39, 0.29) is 18.4 Å². The maximum Gasteiger partial charge on any atom is 0.243 e. The second kappa shape index (κ2) is 10.5. The number of rotatable bonds is 8. The molecule has 1 atom stereocenters. The summed E-state index contributed by atoms with van der Waals surface area (Å²) in [5, 5.41) is 3.84. The molecule has 0 aliphatic heterocycles. The molecular weight excluding hydrogens is 432 g/mol. The fourth-order valence-electron chi connectivity index (χ4n) is 3.13. The molecule has 0 spiro atoms. The highest BCUT2D eigenvalue weighted by Gasteiger charge is 2.23. The van der Waals surface area contributed by atoms with Gasteiger partial charge in [-0.1, -0.05) is 48.5 Å². The van der Waals surface area contributed by atoms with Crippen LogP contribution in [0.15, 0.2) is 66.1 Å². The Morgan fingerprint density at radius 1 is 1.19 bits per heavy atom. The third-order valence-electron chi connectivity index (χ3n) is 4.77. The molecule has 0 radical (unpaired) electrons. The smallest absolute Gasteiger partial charge is 0.243 e. The van der Waals surface area contributed by atoms with Crippen molar-refractivity contribution in [3.8, 4) is 5.69 Å². The largest absolute Gasteiger partial charge is 0.335 e. The van der Waals surface area contributed by atoms with Crippen molar-refractivity contribution in [2.45, 2.75) is 30.7 Å². The summed E-state index contributed by atoms with van der Waals surface area (Å²) in [4.78, 5) is 31.1. The summed E-state index contributed by atoms with van der Waals surface area (Å²) in [5.41, 5.74) is 2.75. The van der Waals surface area contributed by atoms with Gasteiger partial charge in [-0.3, -0.25) is 14.2 Å². The number of para-hydroxylation sites is 1. The number of thioether (sulfide) groups is 1. The van der Waals surface area contributed by atoms with Gasteiger partial charge in [-0.15, -0.1) is 0 Å². The first-order valence-electron chi connectivity index (χ1n) is 9.97. The van der Waals surface area contributed by atoms with Crippen molar-refractivity contribution in [1.82, 2.24) is 14.5 Å². The number of carbonyl (C=O) groups is 2. The molecule has 0 saturated carbocycles. The summed E-state index contributed by atoms with van der Waals surface area (Å²) in [6.45, 7) is 3.83. The minimum Gasteiger partial charge on any atom is -0.335 e. The van der Waals surface area contributed by atoms with Crippen molar-refractivity contribution in [1.29, 1.82) is 0 Å². The van der Waals surface area contributed by atoms with E-state index in [1.165, 1.54) is 16.7 Å². The van der Waals surface area contributed by atoms with Crippen LogP contribution in [0.25, 0.3) is 5.69 Å². The number of hydrogen-bond donors (Lipinski definition) is 1. The SMILES string of the molecule is CCc1ccccc1NC(=O)CN(C)C(=O)[C@H](C)Sc1nccn1-c1ccc(Cl)cc1. The Balaban J connectivity index is 1.61. The lowest BCUT2D eigenvalue weighted by atomic mass is 10.1. The van der Waals surface area contributed by atoms with Crippen LogP contribution < -0.4 is 5.32 Å². The molecular formula is C23H25ClN4O2S. The zero-order chi connectivity index (χ0) is 22.4. The van der Waals surface area contributed by atoms with Gasteiger partial charge >= 0.3 is 0 Å². The first-order chi connectivity index (χ1) is 14.9. The zero-order valence-corrected chi connectivity index (χ0v) is 19.3. The molecule has 31 heavy (non-hydrogen) atoms. The van der Waals surface area contributed by atoms with E-state index in [0.29, 0.717) is 10.2 Å². The van der Waals surface area contributed by atoms with Crippen LogP contribution in [0, 0.1) is 0 Å². The number of imidazole rings is 1. The zero-order valence-electron chi connectivity index (χ0n) is 17.7. The number of likely N-dealkylation sites (N-methyl/N-ethyl adjacent to an activating group) is 1. The Kier molecular flexibility index (Phi) is 7.76. The van der Waals surface area contributed by atoms with Crippen molar-refractivity contribution in [3.05, 3.63) is 71.5 Å². The number of halogens is 1. The molecule has 0 unspecified atom stereocenters. The minimum absolute atomic E-state index is 0.0204. The number of nitrogens with one attached hydrogen (secondary N) is 1. The van der Waals surface area contributed by atoms with Crippen molar-refractivity contribution >= 4 is 40.9 Å². The molecule has 8 heteroatoms. The molecule has 1 N–H and O–H groups in total. The highest BCUT2D eigenvalue weighted by atomic mass is 35.5. The molecule has 162 valence electrons. The van der Waals surface area contributed by atoms with E-state index in [1.54, 1.807) is 13.2 Å². The molecule has 6 nitrogen and oxygen atoms in total. The fraction of sp³-hybridized carbons (Fsp3) is 0.261. The number of amides is 2. The predicted molar refractivity (Wildman–Crippen MR) is 126 cm³/mol. The van der Waals surface area contributed by atoms with Crippen LogP contribution in [-0.2, 0) is 16.0 Å². The number of aromatic nitrogens is 2. The van der Waals surface area contributed by atoms with E-state index < -0.39 is 5.25 Å². The summed E-state index contributed by atoms with van der Waals surface area (Å²) in [7, 11) is 1.64. The van der Waals surface area contributed by atoms with E-state index >= 15 is 0 Å². The molecule has 1 aromatic heterocycles. The molecule has 3 aromatic rings. The molecule has 2 amide bonds. The second-order valence-electron chi connectivity index (χ2n) is 7.07. The molecule has 0 bridgehead atoms. The molecule has 2 aromatic carbocycles. The number of nitrogens with zero attached hydrogens (tertiary/aromatic N) is 3. The fourth-order valence-corrected chi connectivity index (χ4v) is 4.25. The van der Waals surface area contributed by atoms with Crippen molar-refractivity contribution in [2.75, 3.05) is 18.9 Å². The van der Waals surface area contributed by atoms with Crippen LogP contribution in [0.2, 0.25) is 5.02 Å². The summed E-state index contributed by atoms with van der Waals surface area (Å²) < 4.78 is 1.90. The number of benzene rings is 2. The molecule has 1 heterocycles. The van der Waals surface area contributed by atoms with Gasteiger partial charge in [0.05, 0.1) is 11.8 Å². The van der Waals surface area contributed by atoms with Crippen LogP contribution in [0.1, 0.15) is 19.4 Å². The molecule has 3 rings (SSSR count). The van der Waals surface area contributed by atoms with Gasteiger partial charge in [0.1, 0.15) is 0 Å². The second-order valence-corrected chi connectivity index (χ2v) is 8.81. The van der Waals surface area contributed by atoms with Gasteiger partial charge in [-0.05, 0) is 49.2 Å². The van der Waals surface area contributed by atoms with E-state index in [1.807, 2.05) is 73.1 Å². The standard InChI is InChI=1S/C23H25ClN4O2S/c1-4-17-7-5-6-8-20(17)26-21(29)15-27(3)22(30)16(2)31-23-25-13-14-28(23)19-11-9-18(24)10-12-19/h5-14,16H,4,15H2,1-3H3,(H,26,29)/t16-/m0/s1. The maximum absolute atomic E-state index is 12.8. The van der Waals surface area contributed by atoms with E-state index in [2.05, 4.69) is 10.3 Å². The molecule has 0 aliphatic carbocycles. The highest BCUT2D eigenvalue weighted by Crippen LogP contribution is 2.26. The number of aryl methyl sites for hydroxylation is 1. The summed E-state index contributed by atoms with van der Waals surface area (Å²) in [6, 6.07) is 15.1. The summed E-state index contributed by atoms with van der Waals surface area (Å²) in [6.07, 6.45) is 4.35. The van der Waals surface area contributed by atoms with E-state index in [0.717, 1.165) is 23.4 Å². The monoisotopic (exact) mass is 456 g/mol. The van der Waals surface area contributed by atoms with Crippen LogP contribution in [0.5, 0.6) is 0 Å². The topological polar surface area (TPSA) is 67.2 Å². The lowest BCUT2D eigenvalue weighted by molar-refractivity contribution is -0.132. The lowest BCUT2D eigenvalue weighted by Gasteiger charge is -2.21. The third-order valence-corrected chi connectivity index (χ3v) is 6.09. The first kappa shape index (κ1) is 22.9. The Hall–Kier alpha value is -2.77. The average Bonchev–Trinajstić information content (AvgIpc) is 3.22. The van der Waals surface area contributed by atoms with Crippen LogP contribution in [-0.4, -0.2) is 45.1 Å². The first-order valence-corrected chi connectivity index (χ1v) is 11.2. The van der Waals surface area contributed by atoms with Crippen molar-refractivity contribution in [3.63, 3.8) is 0 Å². The lowest BCUT2D eigenvalue weighted by Crippen LogP contribution is -2.39. The molecule has 0 fully saturated rings. The number of hydrogen-bond acceptors (Lipinski definition) is 4. The number of anilines is 1. The van der Waals surface area contributed by atoms with Gasteiger partial charge in [-0.25, -0.2) is 4.98 Å². The van der Waals surface area contributed by atoms with Crippen LogP contribution in [0.4, 0.5) is 5.69 Å². The Morgan fingerprint density at radius 2 is 1.90 bits per heavy atom. The van der Waals surface area contributed by atoms with Crippen LogP contribution >= 0.6 is 23.4 Å². The van der Waals surface area contributed by atoms with Gasteiger partial charge in [0.2, 0.25) is 11.8 Å². The van der Waals surface area contributed by atoms with Gasteiger partial charge in [0.15, 0.2) is 5.16 Å². The quantitative estimate of drug-likeness (QED) is 0.500.